The van der Waals surface area contributed by atoms with Crippen LogP contribution in [-0.2, 0) is 6.42 Å². The Bertz CT molecular complexity index is 1280. The highest BCUT2D eigenvalue weighted by atomic mass is 16.5. The van der Waals surface area contributed by atoms with Gasteiger partial charge in [-0.15, -0.1) is 16.6 Å². The van der Waals surface area contributed by atoms with Crippen LogP contribution >= 0.6 is 0 Å². The standard InChI is InChI=1S/C40H58N2O5/c1-3-4-11-37-30(25-43)21-31(47-37)15-12-28-13-17-36(45)38(20-28)46-26-40(18-6-5-7-19-40)39-22-33-34(24-41-23-27(2)44)32-10-8-9-29(32)14-16-35(33)42-39/h13,17,20-22,27,29,32,34,37,41,43-44,47H,3-12,14-16,18-19,23-26H2,1-2H3/p+1. The predicted octanol–water partition coefficient (Wildman–Crippen LogP) is 6.91. The monoisotopic (exact) mass is 647 g/mol. The second kappa shape index (κ2) is 15.8. The first-order valence-electron chi connectivity index (χ1n) is 18.8. The van der Waals surface area contributed by atoms with E-state index < -0.39 is 0 Å². The highest BCUT2D eigenvalue weighted by molar-refractivity contribution is 6.03. The second-order valence-corrected chi connectivity index (χ2v) is 15.1. The Hall–Kier alpha value is -2.45. The Morgan fingerprint density at radius 2 is 2.02 bits per heavy atom. The summed E-state index contributed by atoms with van der Waals surface area (Å²) < 4.78 is 11.5. The molecule has 7 nitrogen and oxygen atoms in total. The number of nitrogens with one attached hydrogen (secondary N) is 1. The van der Waals surface area contributed by atoms with E-state index in [4.69, 9.17) is 14.5 Å². The fourth-order valence-corrected chi connectivity index (χ4v) is 9.07. The van der Waals surface area contributed by atoms with Crippen LogP contribution in [0, 0.1) is 35.2 Å². The van der Waals surface area contributed by atoms with Gasteiger partial charge in [-0.25, -0.2) is 0 Å². The van der Waals surface area contributed by atoms with E-state index in [-0.39, 0.29) is 30.0 Å². The number of aromatic hydroxyl groups is 1. The van der Waals surface area contributed by atoms with Gasteiger partial charge in [-0.1, -0.05) is 51.5 Å². The van der Waals surface area contributed by atoms with Crippen LogP contribution < -0.4 is 10.1 Å². The van der Waals surface area contributed by atoms with Crippen molar-refractivity contribution in [2.45, 2.75) is 122 Å². The highest BCUT2D eigenvalue weighted by Gasteiger charge is 2.52. The van der Waals surface area contributed by atoms with Gasteiger partial charge in [0.1, 0.15) is 35.8 Å². The maximum atomic E-state index is 10.9. The van der Waals surface area contributed by atoms with E-state index in [1.54, 1.807) is 6.07 Å². The van der Waals surface area contributed by atoms with Gasteiger partial charge in [0.2, 0.25) is 0 Å². The summed E-state index contributed by atoms with van der Waals surface area (Å²) >= 11 is 0. The maximum Gasteiger partial charge on any atom is 0.185 e. The Labute approximate surface area is 282 Å². The van der Waals surface area contributed by atoms with Gasteiger partial charge in [-0.2, -0.15) is 0 Å². The number of aliphatic hydroxyl groups is 4. The van der Waals surface area contributed by atoms with Crippen molar-refractivity contribution in [3.8, 4) is 11.5 Å². The molecule has 5 N–H and O–H groups in total. The number of phenols is 1. The minimum atomic E-state index is -0.346. The highest BCUT2D eigenvalue weighted by Crippen LogP contribution is 2.52. The van der Waals surface area contributed by atoms with Crippen molar-refractivity contribution >= 4 is 5.71 Å². The van der Waals surface area contributed by atoms with Crippen molar-refractivity contribution in [1.29, 1.82) is 0 Å². The van der Waals surface area contributed by atoms with Gasteiger partial charge in [-0.05, 0) is 81.4 Å². The van der Waals surface area contributed by atoms with Gasteiger partial charge in [0.15, 0.2) is 17.2 Å². The number of unbranched alkanes of at least 4 members (excludes halogenated alkanes) is 1. The van der Waals surface area contributed by atoms with Crippen molar-refractivity contribution in [1.82, 2.24) is 5.32 Å². The first-order chi connectivity index (χ1) is 22.9. The van der Waals surface area contributed by atoms with Crippen LogP contribution in [0.15, 0.2) is 46.6 Å². The van der Waals surface area contributed by atoms with Crippen molar-refractivity contribution < 1.29 is 24.8 Å². The Balaban J connectivity index is 1.15. The lowest BCUT2D eigenvalue weighted by molar-refractivity contribution is -0.0550. The molecule has 5 aliphatic rings. The molecule has 5 atom stereocenters. The van der Waals surface area contributed by atoms with E-state index >= 15 is 0 Å². The first kappa shape index (κ1) is 34.4. The van der Waals surface area contributed by atoms with Crippen LogP contribution in [0.5, 0.6) is 11.5 Å². The van der Waals surface area contributed by atoms with Crippen LogP contribution in [0.2, 0.25) is 0 Å². The molecule has 2 aliphatic heterocycles. The Kier molecular flexibility index (Phi) is 11.6. The SMILES string of the molecule is CCCCC1[OH+][C-](CCc2ccc(O)c(OCC3(C4=C[C+]5C(=N4)CCC4CCCC4C5CNCC(C)O)CCCCC3)c2)C=C1CO. The van der Waals surface area contributed by atoms with Crippen LogP contribution in [0.25, 0.3) is 0 Å². The minimum Gasteiger partial charge on any atom is -0.504 e. The van der Waals surface area contributed by atoms with Crippen LogP contribution in [-0.4, -0.2) is 64.3 Å². The number of aliphatic hydroxyl groups excluding tert-OH is 2. The molecule has 0 spiro atoms. The molecule has 47 heavy (non-hydrogen) atoms. The minimum absolute atomic E-state index is 0.0726. The molecule has 0 radical (unpaired) electrons. The third-order valence-corrected chi connectivity index (χ3v) is 11.7. The van der Waals surface area contributed by atoms with E-state index in [9.17, 15) is 15.3 Å². The molecular formula is C40H59N2O5+. The number of nitrogens with zero attached hydrogens (tertiary/aromatic N) is 1. The molecule has 5 unspecified atom stereocenters. The number of benzene rings is 1. The van der Waals surface area contributed by atoms with Crippen molar-refractivity contribution in [2.24, 2.45) is 28.2 Å². The third kappa shape index (κ3) is 8.07. The number of phenolic OH excluding ortho intramolecular Hbond substituents is 1. The summed E-state index contributed by atoms with van der Waals surface area (Å²) in [4.78, 5) is 5.43. The first-order valence-corrected chi connectivity index (χ1v) is 18.8. The molecule has 0 aromatic heterocycles. The van der Waals surface area contributed by atoms with Gasteiger partial charge in [-0.3, -0.25) is 0 Å². The summed E-state index contributed by atoms with van der Waals surface area (Å²) in [6, 6.07) is 5.75. The number of aliphatic imine (C=N–C) groups is 1. The molecule has 3 aliphatic carbocycles. The summed E-state index contributed by atoms with van der Waals surface area (Å²) in [5.41, 5.74) is 4.48. The van der Waals surface area contributed by atoms with Gasteiger partial charge >= 0.3 is 0 Å². The summed E-state index contributed by atoms with van der Waals surface area (Å²) in [6.45, 7) is 6.16. The number of fused-ring (bicyclic) bond motifs is 2. The maximum absolute atomic E-state index is 10.9. The normalized spacial score (nSPS) is 27.5. The topological polar surface area (TPSA) is 107 Å². The average molecular weight is 648 g/mol. The Morgan fingerprint density at radius 3 is 2.81 bits per heavy atom. The number of aryl methyl sites for hydroxylation is 1. The third-order valence-electron chi connectivity index (χ3n) is 11.7. The van der Waals surface area contributed by atoms with Crippen molar-refractivity contribution in [2.75, 3.05) is 26.3 Å². The molecule has 3 fully saturated rings. The predicted molar refractivity (Wildman–Crippen MR) is 188 cm³/mol. The number of rotatable bonds is 15. The average Bonchev–Trinajstić information content (AvgIpc) is 3.81. The fourth-order valence-electron chi connectivity index (χ4n) is 9.07. The zero-order valence-electron chi connectivity index (χ0n) is 28.9. The van der Waals surface area contributed by atoms with Crippen LogP contribution in [0.3, 0.4) is 0 Å². The lowest BCUT2D eigenvalue weighted by atomic mass is 9.71. The zero-order chi connectivity index (χ0) is 32.8. The molecule has 1 aromatic carbocycles. The molecular weight excluding hydrogens is 588 g/mol. The molecule has 7 heteroatoms. The van der Waals surface area contributed by atoms with E-state index in [0.29, 0.717) is 30.7 Å². The molecule has 0 bridgehead atoms. The van der Waals surface area contributed by atoms with Crippen LogP contribution in [0.4, 0.5) is 0 Å². The number of hydrogen-bond donors (Lipinski definition) is 4. The quantitative estimate of drug-likeness (QED) is 0.122. The van der Waals surface area contributed by atoms with E-state index in [1.165, 1.54) is 62.3 Å². The Morgan fingerprint density at radius 1 is 1.17 bits per heavy atom. The second-order valence-electron chi connectivity index (χ2n) is 15.1. The van der Waals surface area contributed by atoms with Gasteiger partial charge in [0, 0.05) is 32.5 Å². The molecule has 0 amide bonds. The zero-order valence-corrected chi connectivity index (χ0v) is 28.9. The molecule has 3 saturated carbocycles. The number of allylic oxidation sites excluding steroid dienone is 1. The van der Waals surface area contributed by atoms with E-state index in [0.717, 1.165) is 81.1 Å². The van der Waals surface area contributed by atoms with E-state index in [2.05, 4.69) is 24.4 Å². The summed E-state index contributed by atoms with van der Waals surface area (Å²) in [7, 11) is 0. The van der Waals surface area contributed by atoms with Gasteiger partial charge in [0.25, 0.3) is 0 Å². The van der Waals surface area contributed by atoms with Crippen molar-refractivity contribution in [3.05, 3.63) is 59.2 Å². The van der Waals surface area contributed by atoms with Gasteiger partial charge in [0.05, 0.1) is 18.1 Å². The van der Waals surface area contributed by atoms with Crippen LogP contribution in [0.1, 0.15) is 109 Å². The molecule has 2 heterocycles. The number of hydrogen-bond acceptors (Lipinski definition) is 6. The summed E-state index contributed by atoms with van der Waals surface area (Å²) in [6.07, 6.45) is 22.1. The fraction of sp³-hybridized carbons (Fsp3) is 0.675. The van der Waals surface area contributed by atoms with Crippen molar-refractivity contribution in [3.63, 3.8) is 0 Å². The molecule has 258 valence electrons. The molecule has 1 aromatic rings. The lowest BCUT2D eigenvalue weighted by Crippen LogP contribution is -2.37. The summed E-state index contributed by atoms with van der Waals surface area (Å²) in [5, 5.41) is 34.2. The van der Waals surface area contributed by atoms with E-state index in [1.807, 2.05) is 19.1 Å². The number of ether oxygens (including phenoxy) is 2. The molecule has 0 saturated heterocycles. The lowest BCUT2D eigenvalue weighted by Gasteiger charge is -2.32. The smallest absolute Gasteiger partial charge is 0.185 e. The molecule has 6 rings (SSSR count). The summed E-state index contributed by atoms with van der Waals surface area (Å²) in [5.74, 6) is 4.09. The van der Waals surface area contributed by atoms with Gasteiger partial charge < -0.3 is 30.1 Å². The largest absolute Gasteiger partial charge is 0.504 e.